The van der Waals surface area contributed by atoms with Crippen LogP contribution in [-0.2, 0) is 0 Å². The van der Waals surface area contributed by atoms with Gasteiger partial charge in [0.15, 0.2) is 5.03 Å². The van der Waals surface area contributed by atoms with Gasteiger partial charge in [0.05, 0.1) is 5.10 Å². The quantitative estimate of drug-likeness (QED) is 0.486. The maximum absolute atomic E-state index is 9.81. The van der Waals surface area contributed by atoms with Gasteiger partial charge in [-0.2, -0.15) is 5.10 Å². The maximum atomic E-state index is 9.81. The molecule has 0 amide bonds. The van der Waals surface area contributed by atoms with Gasteiger partial charge >= 0.3 is 0 Å². The van der Waals surface area contributed by atoms with Crippen LogP contribution in [0.4, 0.5) is 0 Å². The minimum atomic E-state index is -0.818. The van der Waals surface area contributed by atoms with E-state index in [1.165, 1.54) is 12.1 Å². The molecule has 1 heterocycles. The van der Waals surface area contributed by atoms with Crippen molar-refractivity contribution in [2.24, 2.45) is 5.10 Å². The van der Waals surface area contributed by atoms with E-state index < -0.39 is 5.03 Å². The van der Waals surface area contributed by atoms with E-state index in [-0.39, 0.29) is 10.6 Å². The van der Waals surface area contributed by atoms with E-state index in [2.05, 4.69) is 15.3 Å². The van der Waals surface area contributed by atoms with Crippen LogP contribution in [-0.4, -0.2) is 15.2 Å². The summed E-state index contributed by atoms with van der Waals surface area (Å²) in [5.74, 6) is 0. The van der Waals surface area contributed by atoms with Gasteiger partial charge in [0.1, 0.15) is 5.15 Å². The Hall–Kier alpha value is -1.43. The van der Waals surface area contributed by atoms with Crippen LogP contribution in [0.3, 0.4) is 0 Å². The second kappa shape index (κ2) is 3.11. The van der Waals surface area contributed by atoms with Crippen molar-refractivity contribution in [2.75, 3.05) is 0 Å². The smallest absolute Gasteiger partial charge is 0.220 e. The van der Waals surface area contributed by atoms with Crippen LogP contribution in [0.1, 0.15) is 0 Å². The first-order valence-corrected chi connectivity index (χ1v) is 2.96. The molecular weight excluding hydrogens is 172 g/mol. The summed E-state index contributed by atoms with van der Waals surface area (Å²) in [5, 5.41) is 17.9. The van der Waals surface area contributed by atoms with E-state index in [4.69, 9.17) is 11.6 Å². The van der Waals surface area contributed by atoms with Gasteiger partial charge in [-0.25, -0.2) is 10.1 Å². The molecule has 0 atom stereocenters. The van der Waals surface area contributed by atoms with Gasteiger partial charge in [0, 0.05) is 0 Å². The highest BCUT2D eigenvalue weighted by Gasteiger charge is 1.90. The number of halogens is 1. The number of aromatic amines is 1. The SMILES string of the molecule is O=[N+]([O-])N=c1ccc(Cl)n[nH]1. The van der Waals surface area contributed by atoms with Crippen molar-refractivity contribution in [2.45, 2.75) is 0 Å². The number of rotatable bonds is 1. The first kappa shape index (κ1) is 7.67. The number of hydrogen-bond donors (Lipinski definition) is 1. The third-order valence-corrected chi connectivity index (χ3v) is 1.06. The van der Waals surface area contributed by atoms with Crippen molar-refractivity contribution < 1.29 is 5.03 Å². The molecule has 1 aromatic heterocycles. The Morgan fingerprint density at radius 3 is 2.91 bits per heavy atom. The Labute approximate surface area is 65.7 Å². The molecule has 6 nitrogen and oxygen atoms in total. The third kappa shape index (κ3) is 2.34. The van der Waals surface area contributed by atoms with Gasteiger partial charge in [-0.3, -0.25) is 5.10 Å². The Morgan fingerprint density at radius 2 is 2.45 bits per heavy atom. The lowest BCUT2D eigenvalue weighted by atomic mass is 10.6. The Kier molecular flexibility index (Phi) is 2.17. The van der Waals surface area contributed by atoms with Crippen LogP contribution in [0.15, 0.2) is 17.2 Å². The number of nitrogens with zero attached hydrogens (tertiary/aromatic N) is 3. The molecule has 11 heavy (non-hydrogen) atoms. The number of hydrogen-bond acceptors (Lipinski definition) is 3. The molecule has 0 unspecified atom stereocenters. The largest absolute Gasteiger partial charge is 0.255 e. The van der Waals surface area contributed by atoms with Gasteiger partial charge in [-0.15, -0.1) is 0 Å². The number of nitrogens with one attached hydrogen (secondary N) is 1. The van der Waals surface area contributed by atoms with Gasteiger partial charge in [-0.05, 0) is 12.1 Å². The van der Waals surface area contributed by atoms with Crippen molar-refractivity contribution in [3.05, 3.63) is 32.9 Å². The van der Waals surface area contributed by atoms with Crippen LogP contribution >= 0.6 is 11.6 Å². The van der Waals surface area contributed by atoms with Crippen molar-refractivity contribution in [1.82, 2.24) is 10.2 Å². The summed E-state index contributed by atoms with van der Waals surface area (Å²) in [6, 6.07) is 2.76. The molecule has 0 aliphatic heterocycles. The van der Waals surface area contributed by atoms with Gasteiger partial charge < -0.3 is 0 Å². The molecule has 58 valence electrons. The highest BCUT2D eigenvalue weighted by atomic mass is 35.5. The molecule has 0 bridgehead atoms. The molecule has 1 N–H and O–H groups in total. The average molecular weight is 175 g/mol. The number of aromatic nitrogens is 2. The molecule has 0 spiro atoms. The molecule has 0 aliphatic carbocycles. The van der Waals surface area contributed by atoms with Crippen LogP contribution < -0.4 is 5.49 Å². The van der Waals surface area contributed by atoms with Gasteiger partial charge in [-0.1, -0.05) is 11.6 Å². The second-order valence-corrected chi connectivity index (χ2v) is 1.99. The molecule has 0 aromatic carbocycles. The second-order valence-electron chi connectivity index (χ2n) is 1.60. The van der Waals surface area contributed by atoms with Crippen LogP contribution in [0.5, 0.6) is 0 Å². The van der Waals surface area contributed by atoms with E-state index in [0.717, 1.165) is 0 Å². The fraction of sp³-hybridized carbons (Fsp3) is 0. The molecule has 1 aromatic rings. The molecular formula is C4H3ClN4O2. The van der Waals surface area contributed by atoms with Crippen LogP contribution in [0.2, 0.25) is 5.15 Å². The standard InChI is InChI=1S/C4H3ClN4O2/c5-3-1-2-4(7-6-3)8-9(10)11/h1-2H,(H,7,8). The Bertz CT molecular complexity index is 313. The van der Waals surface area contributed by atoms with Crippen LogP contribution in [0, 0.1) is 10.1 Å². The summed E-state index contributed by atoms with van der Waals surface area (Å²) in [5.41, 5.74) is 0.0550. The molecule has 7 heteroatoms. The van der Waals surface area contributed by atoms with Crippen molar-refractivity contribution in [3.63, 3.8) is 0 Å². The fourth-order valence-electron chi connectivity index (χ4n) is 0.477. The van der Waals surface area contributed by atoms with E-state index in [9.17, 15) is 10.1 Å². The number of nitro groups is 1. The first-order valence-electron chi connectivity index (χ1n) is 2.59. The molecule has 1 rings (SSSR count). The first-order chi connectivity index (χ1) is 5.18. The van der Waals surface area contributed by atoms with Gasteiger partial charge in [0.2, 0.25) is 5.49 Å². The number of H-pyrrole nitrogens is 1. The molecule has 0 saturated heterocycles. The highest BCUT2D eigenvalue weighted by molar-refractivity contribution is 6.29. The summed E-state index contributed by atoms with van der Waals surface area (Å²) in [6.45, 7) is 0. The summed E-state index contributed by atoms with van der Waals surface area (Å²) in [7, 11) is 0. The summed E-state index contributed by atoms with van der Waals surface area (Å²) in [6.07, 6.45) is 0. The van der Waals surface area contributed by atoms with E-state index >= 15 is 0 Å². The molecule has 0 fully saturated rings. The molecule has 0 radical (unpaired) electrons. The summed E-state index contributed by atoms with van der Waals surface area (Å²) in [4.78, 5) is 9.81. The fourth-order valence-corrected chi connectivity index (χ4v) is 0.582. The predicted octanol–water partition coefficient (Wildman–Crippen LogP) is 0.155. The summed E-state index contributed by atoms with van der Waals surface area (Å²) < 4.78 is 0. The molecule has 0 aliphatic rings. The van der Waals surface area contributed by atoms with Crippen molar-refractivity contribution >= 4 is 11.6 Å². The van der Waals surface area contributed by atoms with E-state index in [1.54, 1.807) is 0 Å². The zero-order chi connectivity index (χ0) is 8.27. The van der Waals surface area contributed by atoms with Gasteiger partial charge in [0.25, 0.3) is 0 Å². The van der Waals surface area contributed by atoms with Crippen LogP contribution in [0.25, 0.3) is 0 Å². The normalized spacial score (nSPS) is 11.5. The Balaban J connectivity index is 3.08. The topological polar surface area (TPSA) is 84.2 Å². The minimum absolute atomic E-state index is 0.0550. The van der Waals surface area contributed by atoms with Crippen molar-refractivity contribution in [3.8, 4) is 0 Å². The maximum Gasteiger partial charge on any atom is 0.220 e. The average Bonchev–Trinajstić information content (AvgIpc) is 1.93. The lowest BCUT2D eigenvalue weighted by Crippen LogP contribution is -2.10. The zero-order valence-corrected chi connectivity index (χ0v) is 5.95. The molecule has 0 saturated carbocycles. The lowest BCUT2D eigenvalue weighted by molar-refractivity contribution is -0.490. The van der Waals surface area contributed by atoms with E-state index in [1.807, 2.05) is 0 Å². The summed E-state index contributed by atoms with van der Waals surface area (Å²) >= 11 is 5.39. The Morgan fingerprint density at radius 1 is 1.73 bits per heavy atom. The lowest BCUT2D eigenvalue weighted by Gasteiger charge is -1.83. The predicted molar refractivity (Wildman–Crippen MR) is 36.2 cm³/mol. The third-order valence-electron chi connectivity index (χ3n) is 0.845. The zero-order valence-electron chi connectivity index (χ0n) is 5.19. The van der Waals surface area contributed by atoms with E-state index in [0.29, 0.717) is 0 Å². The minimum Gasteiger partial charge on any atom is -0.255 e. The monoisotopic (exact) mass is 174 g/mol. The highest BCUT2D eigenvalue weighted by Crippen LogP contribution is 1.94. The van der Waals surface area contributed by atoms with Crippen molar-refractivity contribution in [1.29, 1.82) is 0 Å².